The average molecular weight is 525 g/mol. The maximum atomic E-state index is 13.2. The Morgan fingerprint density at radius 2 is 1.52 bits per heavy atom. The molecule has 0 atom stereocenters. The van der Waals surface area contributed by atoms with Gasteiger partial charge in [0.15, 0.2) is 0 Å². The molecule has 0 unspecified atom stereocenters. The second-order valence-corrected chi connectivity index (χ2v) is 11.5. The van der Waals surface area contributed by atoms with Gasteiger partial charge in [0.2, 0.25) is 0 Å². The summed E-state index contributed by atoms with van der Waals surface area (Å²) in [4.78, 5) is 0.121. The third kappa shape index (κ3) is 4.46. The van der Waals surface area contributed by atoms with Crippen LogP contribution in [-0.2, 0) is 26.5 Å². The fourth-order valence-electron chi connectivity index (χ4n) is 3.44. The first-order chi connectivity index (χ1) is 14.7. The number of hydrogen-bond acceptors (Lipinski definition) is 4. The number of anilines is 2. The van der Waals surface area contributed by atoms with E-state index < -0.39 is 25.9 Å². The molecule has 162 valence electrons. The molecule has 0 spiro atoms. The Balaban J connectivity index is 1.64. The van der Waals surface area contributed by atoms with Crippen LogP contribution in [0.4, 0.5) is 15.8 Å². The van der Waals surface area contributed by atoms with E-state index in [1.165, 1.54) is 34.6 Å². The van der Waals surface area contributed by atoms with Crippen molar-refractivity contribution in [1.82, 2.24) is 0 Å². The molecule has 1 N–H and O–H groups in total. The van der Waals surface area contributed by atoms with Crippen LogP contribution in [0.1, 0.15) is 12.0 Å². The Bertz CT molecular complexity index is 1330. The number of nitrogens with one attached hydrogen (secondary N) is 1. The van der Waals surface area contributed by atoms with Crippen molar-refractivity contribution in [1.29, 1.82) is 0 Å². The van der Waals surface area contributed by atoms with E-state index in [9.17, 15) is 21.2 Å². The number of rotatable bonds is 5. The van der Waals surface area contributed by atoms with Crippen molar-refractivity contribution < 1.29 is 21.2 Å². The number of nitrogens with zero attached hydrogens (tertiary/aromatic N) is 1. The molecule has 1 aliphatic rings. The molecule has 3 aromatic rings. The summed E-state index contributed by atoms with van der Waals surface area (Å²) in [6.07, 6.45) is 1.19. The highest BCUT2D eigenvalue weighted by molar-refractivity contribution is 9.10. The maximum absolute atomic E-state index is 13.2. The van der Waals surface area contributed by atoms with E-state index in [1.54, 1.807) is 24.3 Å². The molecule has 0 aromatic heterocycles. The van der Waals surface area contributed by atoms with Crippen LogP contribution in [0.15, 0.2) is 81.0 Å². The van der Waals surface area contributed by atoms with Crippen LogP contribution in [0.3, 0.4) is 0 Å². The van der Waals surface area contributed by atoms with Gasteiger partial charge >= 0.3 is 0 Å². The molecule has 0 amide bonds. The Morgan fingerprint density at radius 3 is 2.19 bits per heavy atom. The van der Waals surface area contributed by atoms with Crippen LogP contribution >= 0.6 is 15.9 Å². The van der Waals surface area contributed by atoms with Crippen molar-refractivity contribution in [2.24, 2.45) is 0 Å². The van der Waals surface area contributed by atoms with Gasteiger partial charge in [-0.1, -0.05) is 15.9 Å². The summed E-state index contributed by atoms with van der Waals surface area (Å²) < 4.78 is 69.3. The highest BCUT2D eigenvalue weighted by Crippen LogP contribution is 2.34. The summed E-state index contributed by atoms with van der Waals surface area (Å²) in [6, 6.07) is 15.7. The molecule has 1 heterocycles. The standard InChI is InChI=1S/C21H18BrFN2O4S2/c22-16-3-8-19(9-4-16)30(26,27)24-18-7-12-21-15(14-18)2-1-13-25(21)31(28,29)20-10-5-17(23)6-11-20/h3-12,14,24H,1-2,13H2. The van der Waals surface area contributed by atoms with Gasteiger partial charge in [0.05, 0.1) is 15.5 Å². The van der Waals surface area contributed by atoms with Gasteiger partial charge in [-0.2, -0.15) is 0 Å². The number of aryl methyl sites for hydroxylation is 1. The molecule has 0 saturated carbocycles. The lowest BCUT2D eigenvalue weighted by Crippen LogP contribution is -2.35. The van der Waals surface area contributed by atoms with Crippen molar-refractivity contribution in [2.75, 3.05) is 15.6 Å². The van der Waals surface area contributed by atoms with Gasteiger partial charge in [-0.3, -0.25) is 9.03 Å². The molecule has 31 heavy (non-hydrogen) atoms. The average Bonchev–Trinajstić information content (AvgIpc) is 2.73. The van der Waals surface area contributed by atoms with E-state index >= 15 is 0 Å². The summed E-state index contributed by atoms with van der Waals surface area (Å²) in [6.45, 7) is 0.288. The van der Waals surface area contributed by atoms with Gasteiger partial charge < -0.3 is 0 Å². The van der Waals surface area contributed by atoms with E-state index in [0.717, 1.165) is 16.6 Å². The molecule has 0 saturated heterocycles. The first kappa shape index (κ1) is 21.8. The monoisotopic (exact) mass is 524 g/mol. The van der Waals surface area contributed by atoms with E-state index in [4.69, 9.17) is 0 Å². The van der Waals surface area contributed by atoms with Gasteiger partial charge in [-0.15, -0.1) is 0 Å². The molecule has 0 fully saturated rings. The molecule has 6 nitrogen and oxygen atoms in total. The third-order valence-electron chi connectivity index (χ3n) is 4.93. The molecule has 10 heteroatoms. The van der Waals surface area contributed by atoms with E-state index in [1.807, 2.05) is 0 Å². The zero-order valence-electron chi connectivity index (χ0n) is 16.1. The van der Waals surface area contributed by atoms with Gasteiger partial charge in [0.1, 0.15) is 5.82 Å². The quantitative estimate of drug-likeness (QED) is 0.531. The number of benzene rings is 3. The lowest BCUT2D eigenvalue weighted by atomic mass is 10.0. The van der Waals surface area contributed by atoms with Crippen LogP contribution in [0.25, 0.3) is 0 Å². The molecular weight excluding hydrogens is 507 g/mol. The normalized spacial score (nSPS) is 14.2. The predicted molar refractivity (Wildman–Crippen MR) is 121 cm³/mol. The molecule has 0 radical (unpaired) electrons. The number of sulfonamides is 2. The van der Waals surface area contributed by atoms with Crippen LogP contribution in [0.5, 0.6) is 0 Å². The maximum Gasteiger partial charge on any atom is 0.264 e. The van der Waals surface area contributed by atoms with E-state index in [-0.39, 0.29) is 16.3 Å². The van der Waals surface area contributed by atoms with Crippen molar-refractivity contribution in [3.8, 4) is 0 Å². The Hall–Kier alpha value is -2.43. The predicted octanol–water partition coefficient (Wildman–Crippen LogP) is 4.53. The number of halogens is 2. The van der Waals surface area contributed by atoms with E-state index in [2.05, 4.69) is 20.7 Å². The van der Waals surface area contributed by atoms with Crippen molar-refractivity contribution in [3.63, 3.8) is 0 Å². The minimum atomic E-state index is -3.86. The summed E-state index contributed by atoms with van der Waals surface area (Å²) in [5.74, 6) is -0.513. The van der Waals surface area contributed by atoms with Gasteiger partial charge in [-0.25, -0.2) is 21.2 Å². The fourth-order valence-corrected chi connectivity index (χ4v) is 6.29. The highest BCUT2D eigenvalue weighted by Gasteiger charge is 2.29. The second kappa shape index (κ2) is 8.25. The van der Waals surface area contributed by atoms with Gasteiger partial charge in [0.25, 0.3) is 20.0 Å². The zero-order chi connectivity index (χ0) is 22.2. The summed E-state index contributed by atoms with van der Waals surface area (Å²) >= 11 is 3.27. The lowest BCUT2D eigenvalue weighted by molar-refractivity contribution is 0.585. The molecule has 0 aliphatic carbocycles. The van der Waals surface area contributed by atoms with Crippen LogP contribution in [0, 0.1) is 5.82 Å². The Kier molecular flexibility index (Phi) is 5.80. The molecule has 1 aliphatic heterocycles. The minimum Gasteiger partial charge on any atom is -0.280 e. The number of fused-ring (bicyclic) bond motifs is 1. The minimum absolute atomic E-state index is 0.00164. The topological polar surface area (TPSA) is 83.6 Å². The van der Waals surface area contributed by atoms with Crippen LogP contribution < -0.4 is 9.03 Å². The molecule has 4 rings (SSSR count). The molecular formula is C21H18BrFN2O4S2. The first-order valence-electron chi connectivity index (χ1n) is 9.36. The molecule has 3 aromatic carbocycles. The SMILES string of the molecule is O=S(=O)(Nc1ccc2c(c1)CCCN2S(=O)(=O)c1ccc(F)cc1)c1ccc(Br)cc1. The van der Waals surface area contributed by atoms with Crippen LogP contribution in [0.2, 0.25) is 0 Å². The summed E-state index contributed by atoms with van der Waals surface area (Å²) in [7, 11) is -7.65. The zero-order valence-corrected chi connectivity index (χ0v) is 19.3. The largest absolute Gasteiger partial charge is 0.280 e. The van der Waals surface area contributed by atoms with E-state index in [0.29, 0.717) is 29.8 Å². The Labute approximate surface area is 188 Å². The Morgan fingerprint density at radius 1 is 0.871 bits per heavy atom. The van der Waals surface area contributed by atoms with Crippen molar-refractivity contribution in [3.05, 3.63) is 82.6 Å². The van der Waals surface area contributed by atoms with Crippen molar-refractivity contribution in [2.45, 2.75) is 22.6 Å². The van der Waals surface area contributed by atoms with Crippen LogP contribution in [-0.4, -0.2) is 23.4 Å². The number of hydrogen-bond donors (Lipinski definition) is 1. The van der Waals surface area contributed by atoms with Crippen molar-refractivity contribution >= 4 is 47.4 Å². The summed E-state index contributed by atoms with van der Waals surface area (Å²) in [5.41, 5.74) is 1.55. The first-order valence-corrected chi connectivity index (χ1v) is 13.1. The van der Waals surface area contributed by atoms with Gasteiger partial charge in [-0.05, 0) is 85.1 Å². The third-order valence-corrected chi connectivity index (χ3v) is 8.69. The highest BCUT2D eigenvalue weighted by atomic mass is 79.9. The fraction of sp³-hybridized carbons (Fsp3) is 0.143. The second-order valence-electron chi connectivity index (χ2n) is 7.04. The summed E-state index contributed by atoms with van der Waals surface area (Å²) in [5, 5.41) is 0. The lowest BCUT2D eigenvalue weighted by Gasteiger charge is -2.31. The smallest absolute Gasteiger partial charge is 0.264 e. The van der Waals surface area contributed by atoms with Gasteiger partial charge in [0, 0.05) is 16.7 Å². The molecule has 0 bridgehead atoms.